The molecular formula is C27H47NO6S. The molecule has 8 heteroatoms. The van der Waals surface area contributed by atoms with Gasteiger partial charge in [0.05, 0.1) is 23.9 Å². The fourth-order valence-corrected chi connectivity index (χ4v) is 9.95. The first-order valence-corrected chi connectivity index (χ1v) is 15.5. The van der Waals surface area contributed by atoms with Crippen LogP contribution in [0.25, 0.3) is 0 Å². The summed E-state index contributed by atoms with van der Waals surface area (Å²) in [5.41, 5.74) is -0.178. The molecular weight excluding hydrogens is 466 g/mol. The molecule has 0 bridgehead atoms. The van der Waals surface area contributed by atoms with E-state index in [-0.39, 0.29) is 29.4 Å². The van der Waals surface area contributed by atoms with Gasteiger partial charge in [-0.25, -0.2) is 0 Å². The molecule has 35 heavy (non-hydrogen) atoms. The van der Waals surface area contributed by atoms with E-state index in [2.05, 4.69) is 33.0 Å². The molecule has 0 saturated heterocycles. The van der Waals surface area contributed by atoms with E-state index in [1.807, 2.05) is 0 Å². The number of carbonyl (C=O) groups is 1. The average Bonchev–Trinajstić information content (AvgIpc) is 3.13. The van der Waals surface area contributed by atoms with E-state index in [0.29, 0.717) is 48.3 Å². The Morgan fingerprint density at radius 1 is 1.09 bits per heavy atom. The summed E-state index contributed by atoms with van der Waals surface area (Å²) in [5, 5.41) is 25.2. The predicted octanol–water partition coefficient (Wildman–Crippen LogP) is 3.64. The maximum absolute atomic E-state index is 13.0. The minimum atomic E-state index is -4.15. The Kier molecular flexibility index (Phi) is 7.72. The zero-order valence-electron chi connectivity index (χ0n) is 21.9. The third kappa shape index (κ3) is 4.82. The molecule has 0 aromatic carbocycles. The normalized spacial score (nSPS) is 46.3. The Bertz CT molecular complexity index is 894. The van der Waals surface area contributed by atoms with Gasteiger partial charge in [-0.2, -0.15) is 8.42 Å². The smallest absolute Gasteiger partial charge is 0.266 e. The summed E-state index contributed by atoms with van der Waals surface area (Å²) in [6.07, 6.45) is 7.77. The van der Waals surface area contributed by atoms with Gasteiger partial charge in [0, 0.05) is 6.54 Å². The Labute approximate surface area is 211 Å². The third-order valence-electron chi connectivity index (χ3n) is 11.3. The van der Waals surface area contributed by atoms with Crippen molar-refractivity contribution < 1.29 is 28.0 Å². The zero-order chi connectivity index (χ0) is 25.8. The van der Waals surface area contributed by atoms with Crippen molar-refractivity contribution in [2.45, 2.75) is 97.7 Å². The molecule has 0 spiro atoms. The molecule has 1 amide bonds. The monoisotopic (exact) mass is 513 g/mol. The Hall–Kier alpha value is -0.700. The summed E-state index contributed by atoms with van der Waals surface area (Å²) < 4.78 is 31.0. The quantitative estimate of drug-likeness (QED) is 0.385. The largest absolute Gasteiger partial charge is 0.393 e. The van der Waals surface area contributed by atoms with Crippen LogP contribution >= 0.6 is 0 Å². The predicted molar refractivity (Wildman–Crippen MR) is 135 cm³/mol. The van der Waals surface area contributed by atoms with Crippen molar-refractivity contribution in [1.82, 2.24) is 5.32 Å². The molecule has 4 saturated carbocycles. The topological polar surface area (TPSA) is 124 Å². The SMILES string of the molecule is CCC[C@@H](C)[C@H]1CC[C@H]2[C@@H]3CC[C@@H]4C[C@H](O)C(C(=O)NCCS(=O)(=O)O)C[C@]4(C)[C@H]3C[C@H](O)[C@]12C. The maximum atomic E-state index is 13.0. The van der Waals surface area contributed by atoms with Crippen LogP contribution in [-0.2, 0) is 14.9 Å². The fraction of sp³-hybridized carbons (Fsp3) is 0.963. The van der Waals surface area contributed by atoms with Gasteiger partial charge in [0.15, 0.2) is 0 Å². The van der Waals surface area contributed by atoms with Crippen LogP contribution in [0, 0.1) is 52.3 Å². The Morgan fingerprint density at radius 3 is 2.46 bits per heavy atom. The van der Waals surface area contributed by atoms with Crippen molar-refractivity contribution >= 4 is 16.0 Å². The number of hydrogen-bond acceptors (Lipinski definition) is 5. The lowest BCUT2D eigenvalue weighted by Gasteiger charge is -2.63. The number of nitrogens with one attached hydrogen (secondary N) is 1. The van der Waals surface area contributed by atoms with Crippen LogP contribution in [-0.4, -0.2) is 53.6 Å². The van der Waals surface area contributed by atoms with Gasteiger partial charge in [0.2, 0.25) is 5.91 Å². The Morgan fingerprint density at radius 2 is 1.80 bits per heavy atom. The molecule has 202 valence electrons. The minimum Gasteiger partial charge on any atom is -0.393 e. The summed E-state index contributed by atoms with van der Waals surface area (Å²) in [5.74, 6) is 1.42. The molecule has 0 aromatic heterocycles. The lowest BCUT2D eigenvalue weighted by molar-refractivity contribution is -0.184. The molecule has 1 unspecified atom stereocenters. The van der Waals surface area contributed by atoms with Crippen molar-refractivity contribution in [3.05, 3.63) is 0 Å². The van der Waals surface area contributed by atoms with Gasteiger partial charge in [-0.15, -0.1) is 0 Å². The first-order valence-electron chi connectivity index (χ1n) is 13.9. The standard InChI is InChI=1S/C27H47NO6S/c1-5-6-16(2)20-9-10-21-18-8-7-17-13-23(29)19(25(31)28-11-12-35(32,33)34)15-26(17,3)22(18)14-24(30)27(20,21)4/h16-24,29-30H,5-15H2,1-4H3,(H,28,31)(H,32,33,34)/t16-,17-,18+,19?,20-,21+,22+,23+,24+,26+,27-/m1/s1. The van der Waals surface area contributed by atoms with Crippen LogP contribution in [0.1, 0.15) is 85.5 Å². The molecule has 7 nitrogen and oxygen atoms in total. The van der Waals surface area contributed by atoms with Gasteiger partial charge in [0.25, 0.3) is 10.1 Å². The zero-order valence-corrected chi connectivity index (χ0v) is 22.8. The van der Waals surface area contributed by atoms with Crippen LogP contribution in [0.15, 0.2) is 0 Å². The second-order valence-electron chi connectivity index (χ2n) is 12.9. The van der Waals surface area contributed by atoms with Gasteiger partial charge in [-0.1, -0.05) is 40.5 Å². The molecule has 4 N–H and O–H groups in total. The second-order valence-corrected chi connectivity index (χ2v) is 14.5. The van der Waals surface area contributed by atoms with E-state index in [1.165, 1.54) is 25.7 Å². The van der Waals surface area contributed by atoms with Crippen LogP contribution in [0.2, 0.25) is 0 Å². The molecule has 11 atom stereocenters. The maximum Gasteiger partial charge on any atom is 0.266 e. The van der Waals surface area contributed by atoms with Gasteiger partial charge in [-0.05, 0) is 91.3 Å². The lowest BCUT2D eigenvalue weighted by atomic mass is 9.43. The van der Waals surface area contributed by atoms with Crippen molar-refractivity contribution in [3.8, 4) is 0 Å². The lowest BCUT2D eigenvalue weighted by Crippen LogP contribution is -2.60. The van der Waals surface area contributed by atoms with Crippen LogP contribution < -0.4 is 5.32 Å². The molecule has 4 aliphatic carbocycles. The van der Waals surface area contributed by atoms with E-state index in [4.69, 9.17) is 4.55 Å². The molecule has 0 heterocycles. The van der Waals surface area contributed by atoms with Crippen LogP contribution in [0.3, 0.4) is 0 Å². The summed E-state index contributed by atoms with van der Waals surface area (Å²) in [7, 11) is -4.15. The Balaban J connectivity index is 1.53. The highest BCUT2D eigenvalue weighted by atomic mass is 32.2. The summed E-state index contributed by atoms with van der Waals surface area (Å²) >= 11 is 0. The molecule has 4 rings (SSSR count). The highest BCUT2D eigenvalue weighted by Crippen LogP contribution is 2.68. The van der Waals surface area contributed by atoms with Gasteiger partial charge >= 0.3 is 0 Å². The molecule has 4 aliphatic rings. The van der Waals surface area contributed by atoms with Crippen molar-refractivity contribution in [2.75, 3.05) is 12.3 Å². The minimum absolute atomic E-state index is 0.0420. The molecule has 0 aromatic rings. The third-order valence-corrected chi connectivity index (χ3v) is 12.0. The van der Waals surface area contributed by atoms with Crippen LogP contribution in [0.4, 0.5) is 0 Å². The van der Waals surface area contributed by atoms with E-state index >= 15 is 0 Å². The highest BCUT2D eigenvalue weighted by molar-refractivity contribution is 7.85. The fourth-order valence-electron chi connectivity index (χ4n) is 9.59. The van der Waals surface area contributed by atoms with Crippen molar-refractivity contribution in [3.63, 3.8) is 0 Å². The van der Waals surface area contributed by atoms with Gasteiger partial charge < -0.3 is 15.5 Å². The van der Waals surface area contributed by atoms with Gasteiger partial charge in [-0.3, -0.25) is 9.35 Å². The number of amides is 1. The molecule has 0 radical (unpaired) electrons. The second kappa shape index (κ2) is 9.88. The van der Waals surface area contributed by atoms with E-state index in [0.717, 1.165) is 19.3 Å². The highest BCUT2D eigenvalue weighted by Gasteiger charge is 2.64. The van der Waals surface area contributed by atoms with Crippen molar-refractivity contribution in [1.29, 1.82) is 0 Å². The molecule has 0 aliphatic heterocycles. The number of aliphatic hydroxyl groups excluding tert-OH is 2. The number of hydrogen-bond donors (Lipinski definition) is 4. The van der Waals surface area contributed by atoms with E-state index in [9.17, 15) is 23.4 Å². The first kappa shape index (κ1) is 27.3. The van der Waals surface area contributed by atoms with E-state index < -0.39 is 27.9 Å². The van der Waals surface area contributed by atoms with Crippen molar-refractivity contribution in [2.24, 2.45) is 52.3 Å². The molecule has 4 fully saturated rings. The van der Waals surface area contributed by atoms with E-state index in [1.54, 1.807) is 0 Å². The summed E-state index contributed by atoms with van der Waals surface area (Å²) in [6.45, 7) is 9.08. The number of rotatable bonds is 7. The first-order chi connectivity index (χ1) is 16.3. The van der Waals surface area contributed by atoms with Gasteiger partial charge in [0.1, 0.15) is 0 Å². The summed E-state index contributed by atoms with van der Waals surface area (Å²) in [6, 6.07) is 0. The summed E-state index contributed by atoms with van der Waals surface area (Å²) in [4.78, 5) is 13.0. The van der Waals surface area contributed by atoms with Crippen LogP contribution in [0.5, 0.6) is 0 Å². The number of carbonyl (C=O) groups excluding carboxylic acids is 1. The number of aliphatic hydroxyl groups is 2. The average molecular weight is 514 g/mol. The number of fused-ring (bicyclic) bond motifs is 5.